The highest BCUT2D eigenvalue weighted by molar-refractivity contribution is 6.07. The summed E-state index contributed by atoms with van der Waals surface area (Å²) in [6.07, 6.45) is 17.7. The molecule has 140 heavy (non-hydrogen) atoms. The summed E-state index contributed by atoms with van der Waals surface area (Å²) in [5.41, 5.74) is 58.7. The van der Waals surface area contributed by atoms with Gasteiger partial charge in [0.1, 0.15) is 0 Å². The molecule has 0 spiro atoms. The largest absolute Gasteiger partial charge is 0.397 e. The number of aromatic nitrogens is 8. The number of hydrogen-bond acceptors (Lipinski definition) is 6. The Morgan fingerprint density at radius 3 is 0.514 bits per heavy atom. The van der Waals surface area contributed by atoms with Gasteiger partial charge in [-0.3, -0.25) is 0 Å². The zero-order chi connectivity index (χ0) is 102. The minimum atomic E-state index is -0.226. The molecule has 6 aromatic heterocycles. The summed E-state index contributed by atoms with van der Waals surface area (Å²) >= 11 is 0. The monoisotopic (exact) mass is 1850 g/mol. The number of benzene rings is 7. The van der Waals surface area contributed by atoms with E-state index in [2.05, 4.69) is 488 Å². The molecule has 17 rings (SSSR count). The lowest BCUT2D eigenvalue weighted by Crippen LogP contribution is -2.16. The Bertz CT molecular complexity index is 7100. The van der Waals surface area contributed by atoms with Crippen LogP contribution in [0.5, 0.6) is 0 Å². The maximum atomic E-state index is 8.13. The lowest BCUT2D eigenvalue weighted by Gasteiger charge is -2.26. The summed E-state index contributed by atoms with van der Waals surface area (Å²) < 4.78 is 0. The Balaban J connectivity index is 1.01. The molecule has 10 heteroatoms. The summed E-state index contributed by atoms with van der Waals surface area (Å²) in [5, 5.41) is 0. The van der Waals surface area contributed by atoms with E-state index < -0.39 is 0 Å². The zero-order valence-corrected chi connectivity index (χ0v) is 90.7. The van der Waals surface area contributed by atoms with E-state index in [4.69, 9.17) is 31.4 Å². The quantitative estimate of drug-likeness (QED) is 0.0829. The van der Waals surface area contributed by atoms with Crippen molar-refractivity contribution in [3.63, 3.8) is 0 Å². The zero-order valence-electron chi connectivity index (χ0n) is 90.7. The topological polar surface area (TPSA) is 167 Å². The molecule has 0 atom stereocenters. The van der Waals surface area contributed by atoms with Crippen LogP contribution < -0.4 is 11.5 Å². The number of H-pyrrole nitrogens is 4. The fraction of sp³-hybridized carbons (Fsp3) is 0.369. The molecule has 4 aliphatic heterocycles. The average Bonchev–Trinajstić information content (AvgIpc) is 1.57. The van der Waals surface area contributed by atoms with Crippen molar-refractivity contribution in [1.29, 1.82) is 0 Å². The second-order valence-electron chi connectivity index (χ2n) is 52.9. The number of nitrogens with zero attached hydrogens (tertiary/aromatic N) is 4. The van der Waals surface area contributed by atoms with Crippen LogP contribution in [0.1, 0.15) is 362 Å². The standard InChI is InChI=1S/C130H152N10/c1-119(2,3)79-51-73(52-80(63-79)120(4,5)6)111-97-41-37-91(133-97)69-107-95(71-109(139-107)115(77-59-87(127(25,26)27)67-88(60-77)128(28,29)30)105-49-47-103(137-105)113(101-45-43-99(111)135-101)75-55-83(123(13,14)15)65-84(56-75)124(16,17)18)93-39-40-94(118(132)117(93)131)96-72-110-116(78-61-89(129(31,32)33)68-90(62-78)130(34,35)36)106-50-48-104(138-106)114(76-57-85(125(19,20)21)66-86(58-76)126(22,23)24)102-46-44-100(136-102)112(98-42-38-92(134-98)70-108(96)140-110)74-53-81(121(7,8)9)64-82(54-74)122(10,11)12/h37-72,135-136,139-140H,131-132H2,1-36H3. The Morgan fingerprint density at radius 2 is 0.329 bits per heavy atom. The van der Waals surface area contributed by atoms with Crippen molar-refractivity contribution in [3.8, 4) is 89.0 Å². The minimum Gasteiger partial charge on any atom is -0.397 e. The molecular formula is C130H152N10. The molecule has 0 saturated heterocycles. The number of hydrogen-bond donors (Lipinski definition) is 6. The highest BCUT2D eigenvalue weighted by Crippen LogP contribution is 2.51. The minimum absolute atomic E-state index is 0.174. The number of anilines is 2. The van der Waals surface area contributed by atoms with Crippen LogP contribution in [0.15, 0.2) is 170 Å². The smallest absolute Gasteiger partial charge is 0.0737 e. The summed E-state index contributed by atoms with van der Waals surface area (Å²) in [5.74, 6) is 0. The number of nitrogen functional groups attached to an aromatic ring is 2. The maximum Gasteiger partial charge on any atom is 0.0737 e. The Morgan fingerprint density at radius 1 is 0.164 bits per heavy atom. The maximum absolute atomic E-state index is 8.13. The summed E-state index contributed by atoms with van der Waals surface area (Å²) in [6, 6.07) is 65.6. The molecule has 7 aromatic carbocycles. The van der Waals surface area contributed by atoms with Gasteiger partial charge in [-0.2, -0.15) is 0 Å². The van der Waals surface area contributed by atoms with E-state index in [-0.39, 0.29) is 65.0 Å². The van der Waals surface area contributed by atoms with E-state index in [1.807, 2.05) is 0 Å². The fourth-order valence-corrected chi connectivity index (χ4v) is 19.6. The van der Waals surface area contributed by atoms with Crippen molar-refractivity contribution in [1.82, 2.24) is 39.9 Å². The number of aromatic amines is 4. The normalized spacial score (nSPS) is 13.8. The van der Waals surface area contributed by atoms with Gasteiger partial charge in [-0.25, -0.2) is 19.9 Å². The molecule has 13 aromatic rings. The number of fused-ring (bicyclic) bond motifs is 16. The van der Waals surface area contributed by atoms with Crippen LogP contribution in [0.25, 0.3) is 182 Å². The van der Waals surface area contributed by atoms with E-state index in [1.165, 1.54) is 66.8 Å². The summed E-state index contributed by atoms with van der Waals surface area (Å²) in [4.78, 5) is 40.3. The fourth-order valence-electron chi connectivity index (χ4n) is 19.6. The van der Waals surface area contributed by atoms with Gasteiger partial charge in [0.2, 0.25) is 0 Å². The van der Waals surface area contributed by atoms with Gasteiger partial charge in [0.25, 0.3) is 0 Å². The van der Waals surface area contributed by atoms with Crippen LogP contribution in [-0.2, 0) is 65.0 Å². The van der Waals surface area contributed by atoms with Crippen molar-refractivity contribution < 1.29 is 0 Å². The third-order valence-corrected chi connectivity index (χ3v) is 29.0. The molecule has 0 aliphatic carbocycles. The van der Waals surface area contributed by atoms with Gasteiger partial charge in [-0.1, -0.05) is 371 Å². The third-order valence-electron chi connectivity index (χ3n) is 29.0. The van der Waals surface area contributed by atoms with Crippen LogP contribution in [0.3, 0.4) is 0 Å². The van der Waals surface area contributed by atoms with Gasteiger partial charge < -0.3 is 31.4 Å². The number of rotatable bonds is 8. The highest BCUT2D eigenvalue weighted by Gasteiger charge is 2.34. The molecule has 10 heterocycles. The van der Waals surface area contributed by atoms with Gasteiger partial charge in [-0.15, -0.1) is 0 Å². The molecule has 10 nitrogen and oxygen atoms in total. The van der Waals surface area contributed by atoms with Crippen LogP contribution >= 0.6 is 0 Å². The first-order chi connectivity index (χ1) is 64.7. The average molecular weight is 1850 g/mol. The first-order valence-corrected chi connectivity index (χ1v) is 50.7. The molecule has 8 N–H and O–H groups in total. The lowest BCUT2D eigenvalue weighted by atomic mass is 9.78. The van der Waals surface area contributed by atoms with Crippen molar-refractivity contribution in [3.05, 3.63) is 282 Å². The molecule has 4 aliphatic rings. The third kappa shape index (κ3) is 19.6. The number of nitrogens with two attached hydrogens (primary N) is 2. The molecule has 0 saturated carbocycles. The first kappa shape index (κ1) is 98.9. The lowest BCUT2D eigenvalue weighted by molar-refractivity contribution is 0.568. The van der Waals surface area contributed by atoms with Crippen LogP contribution in [0, 0.1) is 0 Å². The SMILES string of the molecule is CC(C)(C)c1cc(-c2c3nc(c(-c4cc(C(C)(C)C)cc(C(C)(C)C)c4)c4ccc([nH]4)c(-c4cc(C(C)(C)C)cc(C(C)(C)C)c4)c4nc(cc5[nH]c2cc5-c2ccc(-c5cc6[nH]c5cc5nc(c(-c7cc(C(C)(C)C)cc(C(C)(C)C)c7)c7ccc([nH]7)c(-c7cc(C(C)(C)C)cc(C(C)(C)C)c7)c7nc(c6-c6cc(C(C)(C)C)cc(C(C)(C)C)c6)C=C7)C=C5)c(N)c2N)C=C4)C=C3)cc(C(C)(C)C)c1. The molecular weight excluding hydrogens is 1700 g/mol. The van der Waals surface area contributed by atoms with E-state index in [9.17, 15) is 0 Å². The van der Waals surface area contributed by atoms with E-state index >= 15 is 0 Å². The van der Waals surface area contributed by atoms with Crippen LogP contribution in [0.2, 0.25) is 0 Å². The molecule has 0 radical (unpaired) electrons. The second kappa shape index (κ2) is 34.1. The molecule has 0 unspecified atom stereocenters. The van der Waals surface area contributed by atoms with E-state index in [1.54, 1.807) is 0 Å². The predicted octanol–water partition coefficient (Wildman–Crippen LogP) is 35.7. The van der Waals surface area contributed by atoms with Crippen LogP contribution in [-0.4, -0.2) is 39.9 Å². The molecule has 0 fully saturated rings. The van der Waals surface area contributed by atoms with Gasteiger partial charge in [0.05, 0.1) is 56.9 Å². The highest BCUT2D eigenvalue weighted by atomic mass is 14.8. The van der Waals surface area contributed by atoms with Gasteiger partial charge in [-0.05, 0) is 262 Å². The van der Waals surface area contributed by atoms with Crippen molar-refractivity contribution in [2.24, 2.45) is 0 Å². The van der Waals surface area contributed by atoms with Crippen molar-refractivity contribution in [2.75, 3.05) is 11.5 Å². The molecule has 722 valence electrons. The van der Waals surface area contributed by atoms with E-state index in [0.29, 0.717) is 11.4 Å². The number of nitrogens with one attached hydrogen (secondary N) is 4. The van der Waals surface area contributed by atoms with Gasteiger partial charge in [0, 0.05) is 99.8 Å². The predicted molar refractivity (Wildman–Crippen MR) is 608 cm³/mol. The van der Waals surface area contributed by atoms with Gasteiger partial charge in [0.15, 0.2) is 0 Å². The van der Waals surface area contributed by atoms with Gasteiger partial charge >= 0.3 is 0 Å². The summed E-state index contributed by atoms with van der Waals surface area (Å²) in [7, 11) is 0. The van der Waals surface area contributed by atoms with Crippen molar-refractivity contribution >= 4 is 104 Å². The first-order valence-electron chi connectivity index (χ1n) is 50.7. The Labute approximate surface area is 835 Å². The Kier molecular flexibility index (Phi) is 24.1. The molecule has 0 amide bonds. The van der Waals surface area contributed by atoms with Crippen molar-refractivity contribution in [2.45, 2.75) is 314 Å². The molecule has 16 bridgehead atoms. The second-order valence-corrected chi connectivity index (χ2v) is 52.9. The summed E-state index contributed by atoms with van der Waals surface area (Å²) in [6.45, 7) is 83.4. The Hall–Kier alpha value is -12.7. The van der Waals surface area contributed by atoms with Crippen LogP contribution in [0.4, 0.5) is 11.4 Å². The van der Waals surface area contributed by atoms with E-state index in [0.717, 1.165) is 179 Å².